The van der Waals surface area contributed by atoms with Crippen LogP contribution in [0.5, 0.6) is 0 Å². The molecule has 5 heterocycles. The Hall–Kier alpha value is 0.732. The van der Waals surface area contributed by atoms with Gasteiger partial charge < -0.3 is 0 Å². The molecule has 0 aromatic rings. The first kappa shape index (κ1) is 31.3. The third-order valence-electron chi connectivity index (χ3n) is 13.8. The van der Waals surface area contributed by atoms with Gasteiger partial charge in [-0.15, -0.1) is 0 Å². The molecule has 8 unspecified atom stereocenters. The van der Waals surface area contributed by atoms with Gasteiger partial charge in [0.2, 0.25) is 0 Å². The van der Waals surface area contributed by atoms with Gasteiger partial charge in [0.15, 0.2) is 17.4 Å². The first-order chi connectivity index (χ1) is 19.8. The minimum atomic E-state index is 0. The molecule has 1 radical (unpaired) electrons. The monoisotopic (exact) mass is 645 g/mol. The van der Waals surface area contributed by atoms with Gasteiger partial charge in [-0.2, -0.15) is 0 Å². The predicted octanol–water partition coefficient (Wildman–Crippen LogP) is 1.42. The summed E-state index contributed by atoms with van der Waals surface area (Å²) in [5.74, 6) is 5.97. The van der Waals surface area contributed by atoms with Crippen molar-refractivity contribution in [2.75, 3.05) is 0 Å². The molecule has 0 aromatic carbocycles. The third kappa shape index (κ3) is 5.44. The molecule has 4 saturated carbocycles. The summed E-state index contributed by atoms with van der Waals surface area (Å²) in [6, 6.07) is 0. The molecule has 0 spiro atoms. The molecule has 9 rings (SSSR count). The van der Waals surface area contributed by atoms with Crippen LogP contribution in [0.4, 0.5) is 0 Å². The molecule has 0 aromatic heterocycles. The van der Waals surface area contributed by atoms with E-state index >= 15 is 0 Å². The van der Waals surface area contributed by atoms with Crippen molar-refractivity contribution in [2.24, 2.45) is 47.3 Å². The maximum Gasteiger partial charge on any atom is 0.187 e. The van der Waals surface area contributed by atoms with E-state index in [1.54, 1.807) is 0 Å². The summed E-state index contributed by atoms with van der Waals surface area (Å²) >= 11 is 0. The molecule has 10 heteroatoms. The zero-order valence-electron chi connectivity index (χ0n) is 24.9. The van der Waals surface area contributed by atoms with Crippen LogP contribution in [-0.2, 0) is 17.1 Å². The minimum Gasteiger partial charge on any atom is -0.286 e. The molecule has 9 aliphatic rings. The van der Waals surface area contributed by atoms with E-state index in [-0.39, 0.29) is 34.4 Å². The van der Waals surface area contributed by atoms with E-state index in [9.17, 15) is 0 Å². The Bertz CT molecular complexity index is 723. The Kier molecular flexibility index (Phi) is 9.77. The molecule has 9 fully saturated rings. The fraction of sp³-hybridized carbons (Fsp3) is 1.00. The number of rotatable bonds is 0. The van der Waals surface area contributed by atoms with E-state index < -0.39 is 0 Å². The Morgan fingerprint density at radius 3 is 0.476 bits per heavy atom. The summed E-state index contributed by atoms with van der Waals surface area (Å²) in [6.07, 6.45) is 25.6. The van der Waals surface area contributed by atoms with E-state index in [4.69, 9.17) is 0 Å². The van der Waals surface area contributed by atoms with Crippen molar-refractivity contribution in [3.63, 3.8) is 0 Å². The molecule has 0 amide bonds. The van der Waals surface area contributed by atoms with E-state index in [0.717, 1.165) is 47.3 Å². The maximum absolute atomic E-state index is 4.26. The van der Waals surface area contributed by atoms with Gasteiger partial charge >= 0.3 is 0 Å². The van der Waals surface area contributed by atoms with E-state index in [0.29, 0.717) is 49.3 Å². The van der Waals surface area contributed by atoms with Crippen LogP contribution in [0.15, 0.2) is 0 Å². The Morgan fingerprint density at radius 2 is 0.357 bits per heavy atom. The third-order valence-corrected chi connectivity index (χ3v) is 13.8. The molecule has 8 N–H and O–H groups in total. The number of hydrogen-bond acceptors (Lipinski definition) is 8. The molecular weight excluding hydrogens is 587 g/mol. The van der Waals surface area contributed by atoms with Gasteiger partial charge in [-0.25, -0.2) is 0 Å². The molecular formula is C32H59AlCuN8. The molecule has 241 valence electrons. The summed E-state index contributed by atoms with van der Waals surface area (Å²) in [7, 11) is 0. The second kappa shape index (κ2) is 13.1. The number of fused-ring (bicyclic) bond motifs is 20. The smallest absolute Gasteiger partial charge is 0.187 e. The fourth-order valence-electron chi connectivity index (χ4n) is 12.0. The van der Waals surface area contributed by atoms with Gasteiger partial charge in [0.1, 0.15) is 0 Å². The SMILES string of the molecule is C1CCC2C3NC(NC4NC(NC5NC(NC6NC(N3)C3CCCCC63)C3CCCCC53)C3CCCCC43)C2C1.[AlH3].[Cu]. The summed E-state index contributed by atoms with van der Waals surface area (Å²) < 4.78 is 0. The van der Waals surface area contributed by atoms with Crippen molar-refractivity contribution in [1.82, 2.24) is 42.5 Å². The minimum absolute atomic E-state index is 0. The van der Waals surface area contributed by atoms with E-state index in [1.165, 1.54) is 103 Å². The molecule has 8 nitrogen and oxygen atoms in total. The van der Waals surface area contributed by atoms with Crippen LogP contribution in [0.2, 0.25) is 0 Å². The normalized spacial score (nSPS) is 54.9. The molecule has 4 aliphatic carbocycles. The molecule has 5 aliphatic heterocycles. The molecule has 8 bridgehead atoms. The zero-order chi connectivity index (χ0) is 26.2. The Balaban J connectivity index is 0.00000144. The standard InChI is InChI=1S/C32H56N8.Al.Cu.3H/c1-2-10-18-17(9-1)25-33-26(18)38-28-21-13-5-6-14-22(21)30(35-28)40-32-24-16-8-7-15-23(24)31(36-32)39-29-20-12-4-3-11-19(20)27(34-29)37-25;;;;;/h17-40H,1-16H2;;;;;. The fourth-order valence-corrected chi connectivity index (χ4v) is 12.0. The van der Waals surface area contributed by atoms with Gasteiger partial charge in [0.05, 0.1) is 49.3 Å². The maximum atomic E-state index is 4.26. The van der Waals surface area contributed by atoms with Crippen LogP contribution < -0.4 is 42.5 Å². The van der Waals surface area contributed by atoms with Gasteiger partial charge in [0.25, 0.3) is 0 Å². The molecule has 42 heavy (non-hydrogen) atoms. The quantitative estimate of drug-likeness (QED) is 0.188. The molecule has 8 atom stereocenters. The average Bonchev–Trinajstić information content (AvgIpc) is 3.73. The van der Waals surface area contributed by atoms with Gasteiger partial charge in [0, 0.05) is 17.1 Å². The topological polar surface area (TPSA) is 96.2 Å². The Morgan fingerprint density at radius 1 is 0.238 bits per heavy atom. The van der Waals surface area contributed by atoms with Crippen LogP contribution in [0.1, 0.15) is 103 Å². The Labute approximate surface area is 275 Å². The van der Waals surface area contributed by atoms with Crippen LogP contribution in [0.3, 0.4) is 0 Å². The van der Waals surface area contributed by atoms with Crippen LogP contribution in [0.25, 0.3) is 0 Å². The zero-order valence-corrected chi connectivity index (χ0v) is 25.8. The van der Waals surface area contributed by atoms with Gasteiger partial charge in [-0.3, -0.25) is 42.5 Å². The number of hydrogen-bond donors (Lipinski definition) is 8. The van der Waals surface area contributed by atoms with Crippen molar-refractivity contribution < 1.29 is 17.1 Å². The van der Waals surface area contributed by atoms with Crippen LogP contribution in [0, 0.1) is 47.3 Å². The van der Waals surface area contributed by atoms with Gasteiger partial charge in [-0.05, 0) is 98.7 Å². The second-order valence-corrected chi connectivity index (χ2v) is 15.6. The first-order valence-electron chi connectivity index (χ1n) is 17.9. The van der Waals surface area contributed by atoms with Crippen LogP contribution in [-0.4, -0.2) is 66.7 Å². The number of nitrogens with one attached hydrogen (secondary N) is 8. The van der Waals surface area contributed by atoms with Crippen molar-refractivity contribution in [3.8, 4) is 0 Å². The summed E-state index contributed by atoms with van der Waals surface area (Å²) in [6.45, 7) is 0. The second-order valence-electron chi connectivity index (χ2n) is 15.6. The van der Waals surface area contributed by atoms with Crippen molar-refractivity contribution in [2.45, 2.75) is 152 Å². The summed E-state index contributed by atoms with van der Waals surface area (Å²) in [5, 5.41) is 33.8. The predicted molar refractivity (Wildman–Crippen MR) is 167 cm³/mol. The van der Waals surface area contributed by atoms with E-state index in [1.807, 2.05) is 0 Å². The van der Waals surface area contributed by atoms with Gasteiger partial charge in [-0.1, -0.05) is 51.4 Å². The first-order valence-corrected chi connectivity index (χ1v) is 17.9. The van der Waals surface area contributed by atoms with E-state index in [2.05, 4.69) is 42.5 Å². The average molecular weight is 646 g/mol. The van der Waals surface area contributed by atoms with Crippen molar-refractivity contribution in [3.05, 3.63) is 0 Å². The van der Waals surface area contributed by atoms with Crippen LogP contribution >= 0.6 is 0 Å². The molecule has 5 saturated heterocycles. The largest absolute Gasteiger partial charge is 0.286 e. The van der Waals surface area contributed by atoms with Crippen molar-refractivity contribution >= 4 is 17.4 Å². The summed E-state index contributed by atoms with van der Waals surface area (Å²) in [5.41, 5.74) is 0. The van der Waals surface area contributed by atoms with Crippen molar-refractivity contribution in [1.29, 1.82) is 0 Å². The summed E-state index contributed by atoms with van der Waals surface area (Å²) in [4.78, 5) is 0.